The zero-order chi connectivity index (χ0) is 14.2. The van der Waals surface area contributed by atoms with Crippen molar-refractivity contribution in [2.75, 3.05) is 0 Å². The first kappa shape index (κ1) is 13.8. The van der Waals surface area contributed by atoms with Gasteiger partial charge in [0.2, 0.25) is 0 Å². The number of carboxylic acid groups (broad SMARTS) is 1. The quantitative estimate of drug-likeness (QED) is 0.664. The van der Waals surface area contributed by atoms with Gasteiger partial charge in [0.15, 0.2) is 0 Å². The van der Waals surface area contributed by atoms with Crippen LogP contribution in [0.3, 0.4) is 0 Å². The molecule has 1 fully saturated rings. The number of rotatable bonds is 5. The largest absolute Gasteiger partial charge is 0.481 e. The second-order valence-electron chi connectivity index (χ2n) is 5.17. The summed E-state index contributed by atoms with van der Waals surface area (Å²) in [6, 6.07) is 4.41. The van der Waals surface area contributed by atoms with Gasteiger partial charge in [0, 0.05) is 11.6 Å². The number of carboxylic acids is 1. The van der Waals surface area contributed by atoms with E-state index in [0.717, 1.165) is 12.8 Å². The molecular formula is C13H14ClNO4. The highest BCUT2D eigenvalue weighted by molar-refractivity contribution is 6.31. The summed E-state index contributed by atoms with van der Waals surface area (Å²) in [5.74, 6) is -0.856. The highest BCUT2D eigenvalue weighted by Gasteiger charge is 2.48. The van der Waals surface area contributed by atoms with E-state index in [1.807, 2.05) is 0 Å². The van der Waals surface area contributed by atoms with Gasteiger partial charge in [-0.2, -0.15) is 0 Å². The van der Waals surface area contributed by atoms with Crippen molar-refractivity contribution in [3.8, 4) is 0 Å². The first-order valence-corrected chi connectivity index (χ1v) is 6.39. The van der Waals surface area contributed by atoms with Gasteiger partial charge in [-0.3, -0.25) is 14.9 Å². The van der Waals surface area contributed by atoms with E-state index in [4.69, 9.17) is 11.6 Å². The average molecular weight is 284 g/mol. The monoisotopic (exact) mass is 283 g/mol. The van der Waals surface area contributed by atoms with Crippen molar-refractivity contribution in [1.82, 2.24) is 0 Å². The maximum atomic E-state index is 11.5. The molecule has 0 amide bonds. The fourth-order valence-corrected chi connectivity index (χ4v) is 2.61. The van der Waals surface area contributed by atoms with Crippen molar-refractivity contribution in [2.45, 2.75) is 26.2 Å². The highest BCUT2D eigenvalue weighted by atomic mass is 35.5. The van der Waals surface area contributed by atoms with E-state index in [1.165, 1.54) is 12.1 Å². The number of halogens is 1. The van der Waals surface area contributed by atoms with Crippen molar-refractivity contribution >= 4 is 23.3 Å². The predicted octanol–water partition coefficient (Wildman–Crippen LogP) is 3.29. The fraction of sp³-hybridized carbons (Fsp3) is 0.462. The Bertz CT molecular complexity index is 541. The van der Waals surface area contributed by atoms with Crippen LogP contribution in [0.2, 0.25) is 5.02 Å². The predicted molar refractivity (Wildman–Crippen MR) is 70.3 cm³/mol. The number of benzene rings is 1. The van der Waals surface area contributed by atoms with Gasteiger partial charge in [-0.25, -0.2) is 0 Å². The minimum absolute atomic E-state index is 0.0703. The third kappa shape index (κ3) is 2.56. The number of nitro benzene ring substituents is 1. The Hall–Kier alpha value is -1.62. The molecule has 1 N–H and O–H groups in total. The molecule has 19 heavy (non-hydrogen) atoms. The summed E-state index contributed by atoms with van der Waals surface area (Å²) >= 11 is 6.01. The van der Waals surface area contributed by atoms with Crippen LogP contribution in [0, 0.1) is 21.4 Å². The number of nitrogens with zero attached hydrogens (tertiary/aromatic N) is 1. The summed E-state index contributed by atoms with van der Waals surface area (Å²) in [6.07, 6.45) is 1.78. The lowest BCUT2D eigenvalue weighted by Gasteiger charge is -2.24. The fourth-order valence-electron chi connectivity index (χ4n) is 2.38. The molecule has 1 unspecified atom stereocenters. The molecule has 0 radical (unpaired) electrons. The van der Waals surface area contributed by atoms with Crippen LogP contribution in [0.4, 0.5) is 5.69 Å². The summed E-state index contributed by atoms with van der Waals surface area (Å²) in [5, 5.41) is 20.7. The zero-order valence-electron chi connectivity index (χ0n) is 10.4. The second kappa shape index (κ2) is 4.81. The van der Waals surface area contributed by atoms with E-state index >= 15 is 0 Å². The lowest BCUT2D eigenvalue weighted by Crippen LogP contribution is -2.32. The summed E-state index contributed by atoms with van der Waals surface area (Å²) in [7, 11) is 0. The van der Waals surface area contributed by atoms with E-state index in [9.17, 15) is 20.0 Å². The van der Waals surface area contributed by atoms with Crippen molar-refractivity contribution < 1.29 is 14.8 Å². The summed E-state index contributed by atoms with van der Waals surface area (Å²) in [5.41, 5.74) is -0.790. The molecule has 1 aromatic rings. The second-order valence-corrected chi connectivity index (χ2v) is 5.58. The van der Waals surface area contributed by atoms with Gasteiger partial charge in [0.25, 0.3) is 5.69 Å². The minimum atomic E-state index is -0.990. The zero-order valence-corrected chi connectivity index (χ0v) is 11.2. The number of carbonyl (C=O) groups is 1. The van der Waals surface area contributed by atoms with Crippen LogP contribution in [-0.4, -0.2) is 16.0 Å². The summed E-state index contributed by atoms with van der Waals surface area (Å²) in [6.45, 7) is 1.64. The molecular weight excluding hydrogens is 270 g/mol. The maximum absolute atomic E-state index is 11.5. The standard InChI is InChI=1S/C13H14ClNO4/c1-13(12(16)17,8-5-6-8)7-9-10(14)3-2-4-11(9)15(18)19/h2-4,8H,5-7H2,1H3,(H,16,17). The first-order valence-electron chi connectivity index (χ1n) is 6.01. The van der Waals surface area contributed by atoms with Crippen LogP contribution in [0.5, 0.6) is 0 Å². The molecule has 1 aromatic carbocycles. The first-order chi connectivity index (χ1) is 8.86. The highest BCUT2D eigenvalue weighted by Crippen LogP contribution is 2.49. The Balaban J connectivity index is 2.42. The lowest BCUT2D eigenvalue weighted by molar-refractivity contribution is -0.385. The summed E-state index contributed by atoms with van der Waals surface area (Å²) < 4.78 is 0. The van der Waals surface area contributed by atoms with Crippen molar-refractivity contribution in [1.29, 1.82) is 0 Å². The smallest absolute Gasteiger partial charge is 0.309 e. The Morgan fingerprint density at radius 2 is 2.21 bits per heavy atom. The van der Waals surface area contributed by atoms with Crippen molar-refractivity contribution in [3.63, 3.8) is 0 Å². The molecule has 0 aromatic heterocycles. The van der Waals surface area contributed by atoms with Crippen LogP contribution in [0.1, 0.15) is 25.3 Å². The number of nitro groups is 1. The number of aliphatic carboxylic acids is 1. The molecule has 102 valence electrons. The Morgan fingerprint density at radius 1 is 1.58 bits per heavy atom. The van der Waals surface area contributed by atoms with Crippen LogP contribution < -0.4 is 0 Å². The van der Waals surface area contributed by atoms with Gasteiger partial charge in [-0.1, -0.05) is 17.7 Å². The van der Waals surface area contributed by atoms with Gasteiger partial charge in [-0.15, -0.1) is 0 Å². The van der Waals surface area contributed by atoms with Gasteiger partial charge < -0.3 is 5.11 Å². The van der Waals surface area contributed by atoms with Crippen molar-refractivity contribution in [2.24, 2.45) is 11.3 Å². The topological polar surface area (TPSA) is 80.4 Å². The van der Waals surface area contributed by atoms with Gasteiger partial charge in [0.1, 0.15) is 0 Å². The molecule has 0 aliphatic heterocycles. The van der Waals surface area contributed by atoms with E-state index in [1.54, 1.807) is 13.0 Å². The normalized spacial score (nSPS) is 17.8. The molecule has 1 atom stereocenters. The van der Waals surface area contributed by atoms with Gasteiger partial charge >= 0.3 is 5.97 Å². The number of hydrogen-bond donors (Lipinski definition) is 1. The van der Waals surface area contributed by atoms with E-state index in [2.05, 4.69) is 0 Å². The SMILES string of the molecule is CC(Cc1c(Cl)cccc1[N+](=O)[O-])(C(=O)O)C1CC1. The van der Waals surface area contributed by atoms with Crippen LogP contribution in [-0.2, 0) is 11.2 Å². The van der Waals surface area contributed by atoms with E-state index < -0.39 is 16.3 Å². The van der Waals surface area contributed by atoms with Crippen molar-refractivity contribution in [3.05, 3.63) is 38.9 Å². The van der Waals surface area contributed by atoms with Crippen LogP contribution in [0.25, 0.3) is 0 Å². The van der Waals surface area contributed by atoms with Gasteiger partial charge in [-0.05, 0) is 38.2 Å². The third-order valence-electron chi connectivity index (χ3n) is 3.80. The minimum Gasteiger partial charge on any atom is -0.481 e. The lowest BCUT2D eigenvalue weighted by atomic mass is 9.78. The maximum Gasteiger partial charge on any atom is 0.309 e. The van der Waals surface area contributed by atoms with E-state index in [-0.39, 0.29) is 23.0 Å². The molecule has 5 nitrogen and oxygen atoms in total. The molecule has 0 saturated heterocycles. The Kier molecular flexibility index (Phi) is 3.49. The van der Waals surface area contributed by atoms with Crippen LogP contribution >= 0.6 is 11.6 Å². The molecule has 1 aliphatic rings. The molecule has 1 saturated carbocycles. The van der Waals surface area contributed by atoms with Crippen LogP contribution in [0.15, 0.2) is 18.2 Å². The van der Waals surface area contributed by atoms with E-state index in [0.29, 0.717) is 5.56 Å². The molecule has 0 bridgehead atoms. The number of hydrogen-bond acceptors (Lipinski definition) is 3. The molecule has 0 heterocycles. The molecule has 0 spiro atoms. The average Bonchev–Trinajstić information content (AvgIpc) is 3.15. The Morgan fingerprint density at radius 3 is 2.68 bits per heavy atom. The summed E-state index contributed by atoms with van der Waals surface area (Å²) in [4.78, 5) is 22.0. The molecule has 6 heteroatoms. The van der Waals surface area contributed by atoms with Gasteiger partial charge in [0.05, 0.1) is 15.4 Å². The third-order valence-corrected chi connectivity index (χ3v) is 4.16. The molecule has 1 aliphatic carbocycles. The Labute approximate surface area is 115 Å². The molecule has 2 rings (SSSR count).